The maximum atomic E-state index is 12.0. The molecule has 2 rings (SSSR count). The number of thiophene rings is 1. The van der Waals surface area contributed by atoms with Gasteiger partial charge in [0.1, 0.15) is 5.75 Å². The first-order valence-electron chi connectivity index (χ1n) is 7.57. The van der Waals surface area contributed by atoms with Gasteiger partial charge in [-0.2, -0.15) is 0 Å². The molecule has 1 aromatic carbocycles. The highest BCUT2D eigenvalue weighted by atomic mass is 32.1. The van der Waals surface area contributed by atoms with Crippen LogP contribution in [0.15, 0.2) is 41.8 Å². The van der Waals surface area contributed by atoms with E-state index >= 15 is 0 Å². The largest absolute Gasteiger partial charge is 0.497 e. The van der Waals surface area contributed by atoms with Crippen LogP contribution in [-0.2, 0) is 0 Å². The SMILES string of the molecule is COc1ccc([C@@H](CCNC(=O)c2cccs2)C(C)C)cc1. The Balaban J connectivity index is 1.92. The Morgan fingerprint density at radius 1 is 1.23 bits per heavy atom. The quantitative estimate of drug-likeness (QED) is 0.826. The summed E-state index contributed by atoms with van der Waals surface area (Å²) in [5, 5.41) is 4.93. The molecular formula is C18H23NO2S. The molecule has 0 fully saturated rings. The van der Waals surface area contributed by atoms with Crippen LogP contribution in [0.25, 0.3) is 0 Å². The Morgan fingerprint density at radius 2 is 1.95 bits per heavy atom. The highest BCUT2D eigenvalue weighted by molar-refractivity contribution is 7.12. The second-order valence-electron chi connectivity index (χ2n) is 5.65. The molecule has 22 heavy (non-hydrogen) atoms. The third kappa shape index (κ3) is 4.34. The molecule has 1 amide bonds. The maximum absolute atomic E-state index is 12.0. The lowest BCUT2D eigenvalue weighted by Gasteiger charge is -2.21. The van der Waals surface area contributed by atoms with Crippen molar-refractivity contribution in [3.8, 4) is 5.75 Å². The zero-order chi connectivity index (χ0) is 15.9. The summed E-state index contributed by atoms with van der Waals surface area (Å²) in [6.07, 6.45) is 0.932. The number of hydrogen-bond donors (Lipinski definition) is 1. The average molecular weight is 317 g/mol. The Bertz CT molecular complexity index is 576. The molecule has 0 aliphatic carbocycles. The zero-order valence-electron chi connectivity index (χ0n) is 13.3. The molecular weight excluding hydrogens is 294 g/mol. The molecule has 118 valence electrons. The minimum atomic E-state index is 0.0206. The van der Waals surface area contributed by atoms with Gasteiger partial charge in [-0.3, -0.25) is 4.79 Å². The van der Waals surface area contributed by atoms with Crippen molar-refractivity contribution in [1.29, 1.82) is 0 Å². The Morgan fingerprint density at radius 3 is 2.50 bits per heavy atom. The second kappa shape index (κ2) is 7.99. The predicted molar refractivity (Wildman–Crippen MR) is 91.8 cm³/mol. The summed E-state index contributed by atoms with van der Waals surface area (Å²) in [5.74, 6) is 1.84. The first-order valence-corrected chi connectivity index (χ1v) is 8.45. The Hall–Kier alpha value is -1.81. The van der Waals surface area contributed by atoms with E-state index in [2.05, 4.69) is 31.3 Å². The van der Waals surface area contributed by atoms with E-state index in [4.69, 9.17) is 4.74 Å². The van der Waals surface area contributed by atoms with E-state index in [0.717, 1.165) is 17.0 Å². The van der Waals surface area contributed by atoms with E-state index in [1.165, 1.54) is 16.9 Å². The molecule has 1 atom stereocenters. The van der Waals surface area contributed by atoms with Gasteiger partial charge in [-0.15, -0.1) is 11.3 Å². The predicted octanol–water partition coefficient (Wildman–Crippen LogP) is 4.32. The highest BCUT2D eigenvalue weighted by Gasteiger charge is 2.16. The molecule has 0 saturated heterocycles. The summed E-state index contributed by atoms with van der Waals surface area (Å²) < 4.78 is 5.21. The third-order valence-electron chi connectivity index (χ3n) is 3.83. The molecule has 1 N–H and O–H groups in total. The molecule has 0 spiro atoms. The van der Waals surface area contributed by atoms with Gasteiger partial charge in [0, 0.05) is 6.54 Å². The van der Waals surface area contributed by atoms with Crippen molar-refractivity contribution in [1.82, 2.24) is 5.32 Å². The van der Waals surface area contributed by atoms with E-state index in [1.54, 1.807) is 7.11 Å². The minimum absolute atomic E-state index is 0.0206. The lowest BCUT2D eigenvalue weighted by atomic mass is 9.86. The lowest BCUT2D eigenvalue weighted by Crippen LogP contribution is -2.25. The molecule has 1 aromatic heterocycles. The molecule has 1 heterocycles. The van der Waals surface area contributed by atoms with Crippen LogP contribution in [0, 0.1) is 5.92 Å². The Kier molecular flexibility index (Phi) is 6.01. The molecule has 0 bridgehead atoms. The van der Waals surface area contributed by atoms with Gasteiger partial charge < -0.3 is 10.1 Å². The van der Waals surface area contributed by atoms with Crippen LogP contribution in [0.1, 0.15) is 41.4 Å². The number of carbonyl (C=O) groups excluding carboxylic acids is 1. The smallest absolute Gasteiger partial charge is 0.261 e. The molecule has 0 aliphatic heterocycles. The van der Waals surface area contributed by atoms with Crippen molar-refractivity contribution >= 4 is 17.2 Å². The lowest BCUT2D eigenvalue weighted by molar-refractivity contribution is 0.0956. The molecule has 2 aromatic rings. The van der Waals surface area contributed by atoms with Gasteiger partial charge in [-0.1, -0.05) is 32.0 Å². The number of ether oxygens (including phenoxy) is 1. The number of hydrogen-bond acceptors (Lipinski definition) is 3. The fourth-order valence-electron chi connectivity index (χ4n) is 2.57. The summed E-state index contributed by atoms with van der Waals surface area (Å²) in [4.78, 5) is 12.7. The van der Waals surface area contributed by atoms with Gasteiger partial charge >= 0.3 is 0 Å². The molecule has 0 unspecified atom stereocenters. The maximum Gasteiger partial charge on any atom is 0.261 e. The van der Waals surface area contributed by atoms with Crippen molar-refractivity contribution in [3.63, 3.8) is 0 Å². The van der Waals surface area contributed by atoms with Crippen molar-refractivity contribution in [2.45, 2.75) is 26.2 Å². The summed E-state index contributed by atoms with van der Waals surface area (Å²) >= 11 is 1.47. The van der Waals surface area contributed by atoms with Crippen molar-refractivity contribution < 1.29 is 9.53 Å². The van der Waals surface area contributed by atoms with E-state index in [0.29, 0.717) is 18.4 Å². The van der Waals surface area contributed by atoms with Crippen molar-refractivity contribution in [2.24, 2.45) is 5.92 Å². The van der Waals surface area contributed by atoms with Crippen molar-refractivity contribution in [3.05, 3.63) is 52.2 Å². The summed E-state index contributed by atoms with van der Waals surface area (Å²) in [6.45, 7) is 5.12. The van der Waals surface area contributed by atoms with Gasteiger partial charge in [-0.25, -0.2) is 0 Å². The van der Waals surface area contributed by atoms with E-state index in [-0.39, 0.29) is 5.91 Å². The van der Waals surface area contributed by atoms with Crippen LogP contribution in [0.2, 0.25) is 0 Å². The van der Waals surface area contributed by atoms with Gasteiger partial charge in [0.05, 0.1) is 12.0 Å². The van der Waals surface area contributed by atoms with Gasteiger partial charge in [-0.05, 0) is 47.4 Å². The fraction of sp³-hybridized carbons (Fsp3) is 0.389. The summed E-state index contributed by atoms with van der Waals surface area (Å²) in [6, 6.07) is 12.0. The first kappa shape index (κ1) is 16.6. The topological polar surface area (TPSA) is 38.3 Å². The Labute approximate surface area is 136 Å². The fourth-order valence-corrected chi connectivity index (χ4v) is 3.21. The number of nitrogens with one attached hydrogen (secondary N) is 1. The number of amides is 1. The zero-order valence-corrected chi connectivity index (χ0v) is 14.2. The molecule has 0 radical (unpaired) electrons. The number of carbonyl (C=O) groups is 1. The van der Waals surface area contributed by atoms with Gasteiger partial charge in [0.25, 0.3) is 5.91 Å². The van der Waals surface area contributed by atoms with Crippen LogP contribution in [0.4, 0.5) is 0 Å². The van der Waals surface area contributed by atoms with Crippen LogP contribution >= 0.6 is 11.3 Å². The van der Waals surface area contributed by atoms with Crippen LogP contribution in [0.3, 0.4) is 0 Å². The molecule has 4 heteroatoms. The monoisotopic (exact) mass is 317 g/mol. The normalized spacial score (nSPS) is 12.2. The van der Waals surface area contributed by atoms with E-state index < -0.39 is 0 Å². The van der Waals surface area contributed by atoms with Crippen LogP contribution < -0.4 is 10.1 Å². The number of methoxy groups -OCH3 is 1. The number of rotatable bonds is 7. The third-order valence-corrected chi connectivity index (χ3v) is 4.70. The minimum Gasteiger partial charge on any atom is -0.497 e. The van der Waals surface area contributed by atoms with Crippen LogP contribution in [-0.4, -0.2) is 19.6 Å². The van der Waals surface area contributed by atoms with Gasteiger partial charge in [0.2, 0.25) is 0 Å². The van der Waals surface area contributed by atoms with E-state index in [9.17, 15) is 4.79 Å². The standard InChI is InChI=1S/C18H23NO2S/c1-13(2)16(14-6-8-15(21-3)9-7-14)10-11-19-18(20)17-5-4-12-22-17/h4-9,12-13,16H,10-11H2,1-3H3,(H,19,20)/t16-/m0/s1. The molecule has 0 aliphatic rings. The molecule has 0 saturated carbocycles. The average Bonchev–Trinajstić information content (AvgIpc) is 3.06. The van der Waals surface area contributed by atoms with Crippen LogP contribution in [0.5, 0.6) is 5.75 Å². The second-order valence-corrected chi connectivity index (χ2v) is 6.59. The summed E-state index contributed by atoms with van der Waals surface area (Å²) in [7, 11) is 1.68. The van der Waals surface area contributed by atoms with E-state index in [1.807, 2.05) is 29.6 Å². The first-order chi connectivity index (χ1) is 10.6. The highest BCUT2D eigenvalue weighted by Crippen LogP contribution is 2.28. The van der Waals surface area contributed by atoms with Crippen molar-refractivity contribution in [2.75, 3.05) is 13.7 Å². The summed E-state index contributed by atoms with van der Waals surface area (Å²) in [5.41, 5.74) is 1.29. The van der Waals surface area contributed by atoms with Gasteiger partial charge in [0.15, 0.2) is 0 Å². The molecule has 3 nitrogen and oxygen atoms in total. The number of benzene rings is 1.